The quantitative estimate of drug-likeness (QED) is 0.795. The Balaban J connectivity index is 2.87. The fourth-order valence-electron chi connectivity index (χ4n) is 1.77. The van der Waals surface area contributed by atoms with Crippen molar-refractivity contribution in [2.24, 2.45) is 5.92 Å². The number of ether oxygens (including phenoxy) is 1. The van der Waals surface area contributed by atoms with Crippen LogP contribution in [0.15, 0.2) is 22.9 Å². The first-order valence-electron chi connectivity index (χ1n) is 6.87. The number of amides is 1. The molecule has 0 spiro atoms. The van der Waals surface area contributed by atoms with E-state index in [0.29, 0.717) is 12.2 Å². The van der Waals surface area contributed by atoms with E-state index in [-0.39, 0.29) is 24.2 Å². The molecule has 116 valence electrons. The zero-order chi connectivity index (χ0) is 16.0. The number of pyridine rings is 1. The van der Waals surface area contributed by atoms with Gasteiger partial charge in [-0.1, -0.05) is 13.8 Å². The van der Waals surface area contributed by atoms with Crippen LogP contribution < -0.4 is 5.32 Å². The molecule has 21 heavy (non-hydrogen) atoms. The average Bonchev–Trinajstić information content (AvgIpc) is 2.38. The van der Waals surface area contributed by atoms with Crippen molar-refractivity contribution in [2.75, 3.05) is 6.61 Å². The maximum Gasteiger partial charge on any atom is 0.308 e. The Morgan fingerprint density at radius 3 is 2.62 bits per heavy atom. The maximum atomic E-state index is 12.3. The second-order valence-corrected chi connectivity index (χ2v) is 6.32. The van der Waals surface area contributed by atoms with Crippen LogP contribution in [0.2, 0.25) is 0 Å². The molecular formula is C15H21BrN2O3. The minimum atomic E-state index is -0.675. The molecule has 1 amide bonds. The first-order valence-corrected chi connectivity index (χ1v) is 7.66. The van der Waals surface area contributed by atoms with Crippen LogP contribution in [-0.4, -0.2) is 29.0 Å². The first-order chi connectivity index (χ1) is 9.78. The molecule has 1 N–H and O–H groups in total. The Labute approximate surface area is 133 Å². The number of halogens is 1. The number of carbonyl (C=O) groups is 2. The van der Waals surface area contributed by atoms with Crippen LogP contribution in [0.3, 0.4) is 0 Å². The van der Waals surface area contributed by atoms with Gasteiger partial charge < -0.3 is 10.1 Å². The summed E-state index contributed by atoms with van der Waals surface area (Å²) in [6, 6.07) is 1.69. The molecule has 6 heteroatoms. The molecule has 0 bridgehead atoms. The van der Waals surface area contributed by atoms with E-state index in [1.54, 1.807) is 19.2 Å². The van der Waals surface area contributed by atoms with Crippen LogP contribution >= 0.6 is 15.9 Å². The Morgan fingerprint density at radius 1 is 1.43 bits per heavy atom. The molecule has 0 saturated carbocycles. The third-order valence-corrected chi connectivity index (χ3v) is 3.89. The van der Waals surface area contributed by atoms with Crippen molar-refractivity contribution < 1.29 is 14.3 Å². The fraction of sp³-hybridized carbons (Fsp3) is 0.533. The van der Waals surface area contributed by atoms with Crippen molar-refractivity contribution in [1.29, 1.82) is 0 Å². The van der Waals surface area contributed by atoms with Gasteiger partial charge in [-0.05, 0) is 41.8 Å². The number of carbonyl (C=O) groups excluding carboxylic acids is 2. The fourth-order valence-corrected chi connectivity index (χ4v) is 2.14. The number of rotatable bonds is 6. The Kier molecular flexibility index (Phi) is 6.33. The van der Waals surface area contributed by atoms with Gasteiger partial charge in [0.15, 0.2) is 0 Å². The van der Waals surface area contributed by atoms with Gasteiger partial charge in [0, 0.05) is 16.9 Å². The van der Waals surface area contributed by atoms with Gasteiger partial charge >= 0.3 is 5.97 Å². The van der Waals surface area contributed by atoms with Crippen LogP contribution in [0, 0.1) is 5.92 Å². The molecule has 0 aliphatic heterocycles. The van der Waals surface area contributed by atoms with E-state index in [2.05, 4.69) is 26.2 Å². The predicted molar refractivity (Wildman–Crippen MR) is 83.9 cm³/mol. The molecule has 1 heterocycles. The molecule has 0 aliphatic carbocycles. The third-order valence-electron chi connectivity index (χ3n) is 3.46. The van der Waals surface area contributed by atoms with Gasteiger partial charge in [0.1, 0.15) is 0 Å². The van der Waals surface area contributed by atoms with Gasteiger partial charge in [-0.25, -0.2) is 0 Å². The van der Waals surface area contributed by atoms with Crippen LogP contribution in [0.4, 0.5) is 0 Å². The van der Waals surface area contributed by atoms with Crippen molar-refractivity contribution in [3.63, 3.8) is 0 Å². The van der Waals surface area contributed by atoms with Gasteiger partial charge in [-0.2, -0.15) is 0 Å². The second kappa shape index (κ2) is 7.54. The summed E-state index contributed by atoms with van der Waals surface area (Å²) in [5.74, 6) is -0.503. The molecular weight excluding hydrogens is 336 g/mol. The van der Waals surface area contributed by atoms with Crippen molar-refractivity contribution in [3.05, 3.63) is 28.5 Å². The largest absolute Gasteiger partial charge is 0.466 e. The van der Waals surface area contributed by atoms with Crippen LogP contribution in [0.5, 0.6) is 0 Å². The third kappa shape index (κ3) is 5.12. The van der Waals surface area contributed by atoms with E-state index in [9.17, 15) is 9.59 Å². The highest BCUT2D eigenvalue weighted by atomic mass is 79.9. The molecule has 0 aromatic carbocycles. The van der Waals surface area contributed by atoms with E-state index in [1.165, 1.54) is 6.20 Å². The van der Waals surface area contributed by atoms with Gasteiger partial charge in [-0.3, -0.25) is 14.6 Å². The Morgan fingerprint density at radius 2 is 2.10 bits per heavy atom. The number of hydrogen-bond acceptors (Lipinski definition) is 4. The number of nitrogens with zero attached hydrogens (tertiary/aromatic N) is 1. The van der Waals surface area contributed by atoms with Gasteiger partial charge in [0.2, 0.25) is 0 Å². The zero-order valence-corrected chi connectivity index (χ0v) is 14.4. The molecule has 0 fully saturated rings. The SMILES string of the molecule is CCOC(=O)C[C@@](C)(NC(=O)c1cncc(Br)c1)C(C)C. The van der Waals surface area contributed by atoms with E-state index in [1.807, 2.05) is 20.8 Å². The van der Waals surface area contributed by atoms with E-state index in [0.717, 1.165) is 4.47 Å². The van der Waals surface area contributed by atoms with Gasteiger partial charge in [0.05, 0.1) is 24.1 Å². The molecule has 1 atom stereocenters. The standard InChI is InChI=1S/C15H21BrN2O3/c1-5-21-13(19)7-15(4,10(2)3)18-14(20)11-6-12(16)9-17-8-11/h6,8-10H,5,7H2,1-4H3,(H,18,20)/t15-/m1/s1. The highest BCUT2D eigenvalue weighted by molar-refractivity contribution is 9.10. The van der Waals surface area contributed by atoms with Crippen molar-refractivity contribution >= 4 is 27.8 Å². The summed E-state index contributed by atoms with van der Waals surface area (Å²) in [5.41, 5.74) is -0.230. The lowest BCUT2D eigenvalue weighted by Crippen LogP contribution is -2.51. The van der Waals surface area contributed by atoms with Crippen LogP contribution in [0.25, 0.3) is 0 Å². The molecule has 0 unspecified atom stereocenters. The molecule has 0 saturated heterocycles. The van der Waals surface area contributed by atoms with Crippen LogP contribution in [-0.2, 0) is 9.53 Å². The lowest BCUT2D eigenvalue weighted by molar-refractivity contribution is -0.145. The van der Waals surface area contributed by atoms with Crippen LogP contribution in [0.1, 0.15) is 44.5 Å². The smallest absolute Gasteiger partial charge is 0.308 e. The molecule has 5 nitrogen and oxygen atoms in total. The minimum Gasteiger partial charge on any atom is -0.466 e. The normalized spacial score (nSPS) is 13.6. The van der Waals surface area contributed by atoms with Crippen molar-refractivity contribution in [1.82, 2.24) is 10.3 Å². The average molecular weight is 357 g/mol. The van der Waals surface area contributed by atoms with Gasteiger partial charge in [0.25, 0.3) is 5.91 Å². The van der Waals surface area contributed by atoms with Gasteiger partial charge in [-0.15, -0.1) is 0 Å². The lowest BCUT2D eigenvalue weighted by Gasteiger charge is -2.34. The van der Waals surface area contributed by atoms with Crippen molar-refractivity contribution in [2.45, 2.75) is 39.7 Å². The summed E-state index contributed by atoms with van der Waals surface area (Å²) in [4.78, 5) is 28.0. The summed E-state index contributed by atoms with van der Waals surface area (Å²) in [7, 11) is 0. The number of nitrogens with one attached hydrogen (secondary N) is 1. The Bertz CT molecular complexity index is 519. The highest BCUT2D eigenvalue weighted by Gasteiger charge is 2.33. The number of esters is 1. The molecule has 1 aromatic heterocycles. The maximum absolute atomic E-state index is 12.3. The number of aromatic nitrogens is 1. The molecule has 1 rings (SSSR count). The summed E-state index contributed by atoms with van der Waals surface area (Å²) in [6.45, 7) is 7.85. The van der Waals surface area contributed by atoms with Crippen molar-refractivity contribution in [3.8, 4) is 0 Å². The predicted octanol–water partition coefficient (Wildman–Crippen LogP) is 2.94. The molecule has 0 radical (unpaired) electrons. The summed E-state index contributed by atoms with van der Waals surface area (Å²) in [5, 5.41) is 2.93. The van der Waals surface area contributed by atoms with E-state index < -0.39 is 5.54 Å². The second-order valence-electron chi connectivity index (χ2n) is 5.40. The first kappa shape index (κ1) is 17.6. The zero-order valence-electron chi connectivity index (χ0n) is 12.8. The summed E-state index contributed by atoms with van der Waals surface area (Å²) >= 11 is 3.28. The van der Waals surface area contributed by atoms with E-state index in [4.69, 9.17) is 4.74 Å². The monoisotopic (exact) mass is 356 g/mol. The minimum absolute atomic E-state index is 0.0750. The number of hydrogen-bond donors (Lipinski definition) is 1. The molecule has 1 aromatic rings. The highest BCUT2D eigenvalue weighted by Crippen LogP contribution is 2.22. The summed E-state index contributed by atoms with van der Waals surface area (Å²) < 4.78 is 5.71. The van der Waals surface area contributed by atoms with E-state index >= 15 is 0 Å². The topological polar surface area (TPSA) is 68.3 Å². The lowest BCUT2D eigenvalue weighted by atomic mass is 9.85. The Hall–Kier alpha value is -1.43. The molecule has 0 aliphatic rings. The summed E-state index contributed by atoms with van der Waals surface area (Å²) in [6.07, 6.45) is 3.23.